The molecule has 0 amide bonds. The van der Waals surface area contributed by atoms with E-state index in [-0.39, 0.29) is 5.82 Å². The minimum Gasteiger partial charge on any atom is -0.352 e. The molecule has 0 saturated heterocycles. The molecule has 0 bridgehead atoms. The van der Waals surface area contributed by atoms with Gasteiger partial charge in [0.05, 0.1) is 11.9 Å². The summed E-state index contributed by atoms with van der Waals surface area (Å²) in [6, 6.07) is 16.6. The van der Waals surface area contributed by atoms with Gasteiger partial charge in [-0.3, -0.25) is 4.99 Å². The SMILES string of the molecule is CN=C(NCc1cnn(-c2ccccc2)c1)N(C)Cc1cccc(F)c1. The lowest BCUT2D eigenvalue weighted by atomic mass is 10.2. The summed E-state index contributed by atoms with van der Waals surface area (Å²) < 4.78 is 15.2. The monoisotopic (exact) mass is 351 g/mol. The summed E-state index contributed by atoms with van der Waals surface area (Å²) in [5, 5.41) is 7.71. The molecule has 5 nitrogen and oxygen atoms in total. The van der Waals surface area contributed by atoms with Crippen LogP contribution < -0.4 is 5.32 Å². The van der Waals surface area contributed by atoms with Crippen LogP contribution >= 0.6 is 0 Å². The molecule has 134 valence electrons. The van der Waals surface area contributed by atoms with Crippen LogP contribution in [-0.2, 0) is 13.1 Å². The van der Waals surface area contributed by atoms with Crippen LogP contribution in [0, 0.1) is 5.82 Å². The Balaban J connectivity index is 1.60. The smallest absolute Gasteiger partial charge is 0.193 e. The van der Waals surface area contributed by atoms with Gasteiger partial charge in [0.2, 0.25) is 0 Å². The van der Waals surface area contributed by atoms with Crippen molar-refractivity contribution in [2.75, 3.05) is 14.1 Å². The van der Waals surface area contributed by atoms with Gasteiger partial charge in [0.25, 0.3) is 0 Å². The van der Waals surface area contributed by atoms with E-state index < -0.39 is 0 Å². The van der Waals surface area contributed by atoms with Gasteiger partial charge in [-0.2, -0.15) is 5.10 Å². The number of para-hydroxylation sites is 1. The maximum Gasteiger partial charge on any atom is 0.193 e. The van der Waals surface area contributed by atoms with E-state index in [1.54, 1.807) is 13.1 Å². The Hall–Kier alpha value is -3.15. The summed E-state index contributed by atoms with van der Waals surface area (Å²) in [7, 11) is 3.66. The number of aromatic nitrogens is 2. The summed E-state index contributed by atoms with van der Waals surface area (Å²) in [4.78, 5) is 6.25. The zero-order valence-corrected chi connectivity index (χ0v) is 14.9. The van der Waals surface area contributed by atoms with Crippen molar-refractivity contribution in [1.29, 1.82) is 0 Å². The molecule has 1 N–H and O–H groups in total. The third-order valence-corrected chi connectivity index (χ3v) is 3.99. The van der Waals surface area contributed by atoms with Crippen molar-refractivity contribution in [3.05, 3.63) is 83.9 Å². The van der Waals surface area contributed by atoms with E-state index in [1.807, 2.05) is 65.4 Å². The molecule has 0 saturated carbocycles. The fourth-order valence-electron chi connectivity index (χ4n) is 2.72. The average molecular weight is 351 g/mol. The van der Waals surface area contributed by atoms with Crippen LogP contribution in [0.5, 0.6) is 0 Å². The number of benzene rings is 2. The van der Waals surface area contributed by atoms with E-state index in [0.29, 0.717) is 13.1 Å². The molecule has 26 heavy (non-hydrogen) atoms. The van der Waals surface area contributed by atoms with Gasteiger partial charge < -0.3 is 10.2 Å². The largest absolute Gasteiger partial charge is 0.352 e. The molecular weight excluding hydrogens is 329 g/mol. The second-order valence-electron chi connectivity index (χ2n) is 6.02. The number of guanidine groups is 1. The zero-order chi connectivity index (χ0) is 18.4. The molecule has 0 radical (unpaired) electrons. The van der Waals surface area contributed by atoms with Crippen molar-refractivity contribution in [3.8, 4) is 5.69 Å². The fraction of sp³-hybridized carbons (Fsp3) is 0.200. The number of rotatable bonds is 5. The van der Waals surface area contributed by atoms with Gasteiger partial charge in [-0.15, -0.1) is 0 Å². The summed E-state index contributed by atoms with van der Waals surface area (Å²) >= 11 is 0. The molecular formula is C20H22FN5. The molecule has 0 fully saturated rings. The minimum absolute atomic E-state index is 0.229. The van der Waals surface area contributed by atoms with E-state index in [1.165, 1.54) is 12.1 Å². The zero-order valence-electron chi connectivity index (χ0n) is 14.9. The number of hydrogen-bond donors (Lipinski definition) is 1. The van der Waals surface area contributed by atoms with Crippen molar-refractivity contribution in [3.63, 3.8) is 0 Å². The maximum absolute atomic E-state index is 13.3. The molecule has 0 unspecified atom stereocenters. The topological polar surface area (TPSA) is 45.5 Å². The molecule has 3 rings (SSSR count). The lowest BCUT2D eigenvalue weighted by Gasteiger charge is -2.22. The van der Waals surface area contributed by atoms with E-state index in [9.17, 15) is 4.39 Å². The summed E-state index contributed by atoms with van der Waals surface area (Å²) in [5.74, 6) is 0.508. The first-order valence-corrected chi connectivity index (χ1v) is 8.41. The predicted molar refractivity (Wildman–Crippen MR) is 102 cm³/mol. The highest BCUT2D eigenvalue weighted by atomic mass is 19.1. The van der Waals surface area contributed by atoms with Crippen LogP contribution in [0.4, 0.5) is 4.39 Å². The Morgan fingerprint density at radius 2 is 1.96 bits per heavy atom. The maximum atomic E-state index is 13.3. The second-order valence-corrected chi connectivity index (χ2v) is 6.02. The normalized spacial score (nSPS) is 11.4. The summed E-state index contributed by atoms with van der Waals surface area (Å²) in [6.07, 6.45) is 3.82. The quantitative estimate of drug-likeness (QED) is 0.567. The summed E-state index contributed by atoms with van der Waals surface area (Å²) in [5.41, 5.74) is 2.97. The van der Waals surface area contributed by atoms with Crippen molar-refractivity contribution in [2.45, 2.75) is 13.1 Å². The molecule has 0 atom stereocenters. The first-order valence-electron chi connectivity index (χ1n) is 8.41. The lowest BCUT2D eigenvalue weighted by Crippen LogP contribution is -2.38. The van der Waals surface area contributed by atoms with E-state index in [4.69, 9.17) is 0 Å². The highest BCUT2D eigenvalue weighted by molar-refractivity contribution is 5.79. The van der Waals surface area contributed by atoms with Crippen molar-refractivity contribution in [2.24, 2.45) is 4.99 Å². The molecule has 0 spiro atoms. The van der Waals surface area contributed by atoms with Gasteiger partial charge in [-0.05, 0) is 29.8 Å². The first kappa shape index (κ1) is 17.7. The molecule has 0 aliphatic carbocycles. The third-order valence-electron chi connectivity index (χ3n) is 3.99. The van der Waals surface area contributed by atoms with Gasteiger partial charge in [0.1, 0.15) is 5.82 Å². The predicted octanol–water partition coefficient (Wildman–Crippen LogP) is 3.22. The molecule has 3 aromatic rings. The van der Waals surface area contributed by atoms with Crippen molar-refractivity contribution in [1.82, 2.24) is 20.0 Å². The Kier molecular flexibility index (Phi) is 5.63. The molecule has 1 heterocycles. The highest BCUT2D eigenvalue weighted by Gasteiger charge is 2.08. The molecule has 1 aromatic heterocycles. The first-order chi connectivity index (χ1) is 12.7. The van der Waals surface area contributed by atoms with Gasteiger partial charge in [0, 0.05) is 38.9 Å². The van der Waals surface area contributed by atoms with Gasteiger partial charge in [-0.1, -0.05) is 30.3 Å². The number of hydrogen-bond acceptors (Lipinski definition) is 2. The van der Waals surface area contributed by atoms with Gasteiger partial charge >= 0.3 is 0 Å². The lowest BCUT2D eigenvalue weighted by molar-refractivity contribution is 0.474. The Morgan fingerprint density at radius 3 is 2.69 bits per heavy atom. The molecule has 0 aliphatic heterocycles. The van der Waals surface area contributed by atoms with Crippen LogP contribution in [0.3, 0.4) is 0 Å². The number of aliphatic imine (C=N–C) groups is 1. The second kappa shape index (κ2) is 8.29. The van der Waals surface area contributed by atoms with Crippen LogP contribution in [-0.4, -0.2) is 34.7 Å². The summed E-state index contributed by atoms with van der Waals surface area (Å²) in [6.45, 7) is 1.17. The van der Waals surface area contributed by atoms with Crippen molar-refractivity contribution >= 4 is 5.96 Å². The standard InChI is InChI=1S/C20H22FN5/c1-22-20(25(2)14-16-7-6-8-18(21)11-16)23-12-17-13-24-26(15-17)19-9-4-3-5-10-19/h3-11,13,15H,12,14H2,1-2H3,(H,22,23). The average Bonchev–Trinajstić information content (AvgIpc) is 3.12. The minimum atomic E-state index is -0.229. The van der Waals surface area contributed by atoms with Crippen LogP contribution in [0.2, 0.25) is 0 Å². The molecule has 6 heteroatoms. The number of halogens is 1. The Labute approximate surface area is 152 Å². The Morgan fingerprint density at radius 1 is 1.15 bits per heavy atom. The fourth-order valence-corrected chi connectivity index (χ4v) is 2.72. The van der Waals surface area contributed by atoms with Gasteiger partial charge in [-0.25, -0.2) is 9.07 Å². The number of nitrogens with zero attached hydrogens (tertiary/aromatic N) is 4. The molecule has 2 aromatic carbocycles. The Bertz CT molecular complexity index is 873. The molecule has 0 aliphatic rings. The van der Waals surface area contributed by atoms with E-state index in [0.717, 1.165) is 22.8 Å². The van der Waals surface area contributed by atoms with Gasteiger partial charge in [0.15, 0.2) is 5.96 Å². The van der Waals surface area contributed by atoms with Crippen molar-refractivity contribution < 1.29 is 4.39 Å². The van der Waals surface area contributed by atoms with Crippen LogP contribution in [0.15, 0.2) is 72.0 Å². The highest BCUT2D eigenvalue weighted by Crippen LogP contribution is 2.09. The number of nitrogens with one attached hydrogen (secondary N) is 1. The van der Waals surface area contributed by atoms with Crippen LogP contribution in [0.25, 0.3) is 5.69 Å². The van der Waals surface area contributed by atoms with E-state index in [2.05, 4.69) is 15.4 Å². The van der Waals surface area contributed by atoms with E-state index >= 15 is 0 Å². The third kappa shape index (κ3) is 4.47. The van der Waals surface area contributed by atoms with Crippen LogP contribution in [0.1, 0.15) is 11.1 Å².